The van der Waals surface area contributed by atoms with Crippen LogP contribution in [-0.2, 0) is 76.4 Å². The molecule has 0 amide bonds. The van der Waals surface area contributed by atoms with Gasteiger partial charge < -0.3 is 43.7 Å². The highest BCUT2D eigenvalue weighted by Gasteiger charge is 2.41. The van der Waals surface area contributed by atoms with E-state index in [1.54, 1.807) is 0 Å². The SMILES string of the molecule is O=C1CC(O)CC(=O)O1.O=C1CCC(=O)O1.O=C1CCCC(=O)O1.O=C1COCC(=O)O1.O=C1OC(=O)C(O)C1O. The molecule has 0 aliphatic carbocycles. The summed E-state index contributed by atoms with van der Waals surface area (Å²) in [6.07, 6.45) is -2.39. The quantitative estimate of drug-likeness (QED) is 0.138. The second-order valence-electron chi connectivity index (χ2n) is 7.92. The van der Waals surface area contributed by atoms with E-state index in [0.29, 0.717) is 19.3 Å². The van der Waals surface area contributed by atoms with Crippen molar-refractivity contribution >= 4 is 59.7 Å². The molecule has 0 spiro atoms. The summed E-state index contributed by atoms with van der Waals surface area (Å²) < 4.78 is 24.8. The number of hydrogen-bond acceptors (Lipinski definition) is 19. The van der Waals surface area contributed by atoms with Crippen molar-refractivity contribution in [2.24, 2.45) is 0 Å². The second kappa shape index (κ2) is 17.3. The van der Waals surface area contributed by atoms with E-state index < -0.39 is 66.1 Å². The Hall–Kier alpha value is -4.46. The maximum atomic E-state index is 10.3. The van der Waals surface area contributed by atoms with Crippen LogP contribution in [0.15, 0.2) is 0 Å². The molecule has 0 aromatic rings. The van der Waals surface area contributed by atoms with Gasteiger partial charge in [0.15, 0.2) is 12.2 Å². The molecular formula is C22H24O19. The molecule has 0 aromatic heterocycles. The van der Waals surface area contributed by atoms with Crippen molar-refractivity contribution in [3.05, 3.63) is 0 Å². The standard InChI is InChI=1S/C5H6O4.C5H6O3.C4H4O5.C4H4O4.C4H4O3/c6-3-1-4(7)9-5(8)2-3;6-4-2-1-3-5(7)8-4;5-1-2(6)4(8)9-3(1)7;5-3-1-7-2-4(6)8-3;5-3-1-2-4(6)7-3/h3,6H,1-2H2;1-3H2;1-2,5-6H;1-2H2;1-2H2. The summed E-state index contributed by atoms with van der Waals surface area (Å²) in [5.41, 5.74) is 0. The lowest BCUT2D eigenvalue weighted by atomic mass is 10.1. The Balaban J connectivity index is 0.000000257. The average Bonchev–Trinajstić information content (AvgIpc) is 3.35. The van der Waals surface area contributed by atoms with Gasteiger partial charge in [0.05, 0.1) is 31.8 Å². The molecule has 19 nitrogen and oxygen atoms in total. The summed E-state index contributed by atoms with van der Waals surface area (Å²) in [6, 6.07) is 0. The van der Waals surface area contributed by atoms with Crippen LogP contribution in [0.1, 0.15) is 44.9 Å². The molecule has 0 aromatic carbocycles. The number of aliphatic hydroxyl groups excluding tert-OH is 3. The lowest BCUT2D eigenvalue weighted by Crippen LogP contribution is -2.28. The highest BCUT2D eigenvalue weighted by atomic mass is 16.6. The molecule has 226 valence electrons. The van der Waals surface area contributed by atoms with E-state index in [9.17, 15) is 47.9 Å². The first kappa shape index (κ1) is 34.6. The third-order valence-electron chi connectivity index (χ3n) is 4.43. The Bertz CT molecular complexity index is 967. The summed E-state index contributed by atoms with van der Waals surface area (Å²) in [5, 5.41) is 25.7. The summed E-state index contributed by atoms with van der Waals surface area (Å²) in [7, 11) is 0. The molecule has 5 aliphatic heterocycles. The Morgan fingerprint density at radius 1 is 0.439 bits per heavy atom. The summed E-state index contributed by atoms with van der Waals surface area (Å²) in [5.74, 6) is -6.25. The van der Waals surface area contributed by atoms with Gasteiger partial charge in [-0.1, -0.05) is 0 Å². The number of cyclic esters (lactones) is 10. The highest BCUT2D eigenvalue weighted by Crippen LogP contribution is 2.09. The van der Waals surface area contributed by atoms with Gasteiger partial charge in [-0.05, 0) is 6.42 Å². The molecular weight excluding hydrogens is 568 g/mol. The van der Waals surface area contributed by atoms with Crippen molar-refractivity contribution in [2.45, 2.75) is 63.3 Å². The Labute approximate surface area is 228 Å². The molecule has 0 bridgehead atoms. The minimum absolute atomic E-state index is 0.0638. The maximum Gasteiger partial charge on any atom is 0.346 e. The lowest BCUT2D eigenvalue weighted by Gasteiger charge is -2.13. The topological polar surface area (TPSA) is 287 Å². The number of esters is 10. The van der Waals surface area contributed by atoms with Gasteiger partial charge in [-0.3, -0.25) is 28.8 Å². The predicted octanol–water partition coefficient (Wildman–Crippen LogP) is -3.82. The Morgan fingerprint density at radius 3 is 0.976 bits per heavy atom. The summed E-state index contributed by atoms with van der Waals surface area (Å²) in [4.78, 5) is 102. The number of hydrogen-bond donors (Lipinski definition) is 3. The molecule has 41 heavy (non-hydrogen) atoms. The molecule has 0 saturated carbocycles. The first-order valence-electron chi connectivity index (χ1n) is 11.5. The average molecular weight is 592 g/mol. The third-order valence-corrected chi connectivity index (χ3v) is 4.43. The van der Waals surface area contributed by atoms with E-state index in [2.05, 4.69) is 28.4 Å². The molecule has 19 heteroatoms. The predicted molar refractivity (Wildman–Crippen MR) is 117 cm³/mol. The van der Waals surface area contributed by atoms with E-state index in [-0.39, 0.29) is 50.8 Å². The van der Waals surface area contributed by atoms with Crippen LogP contribution in [0.3, 0.4) is 0 Å². The number of carbonyl (C=O) groups excluding carboxylic acids is 10. The molecule has 5 fully saturated rings. The van der Waals surface area contributed by atoms with Crippen molar-refractivity contribution in [2.75, 3.05) is 13.2 Å². The van der Waals surface area contributed by atoms with E-state index >= 15 is 0 Å². The second-order valence-corrected chi connectivity index (χ2v) is 7.92. The van der Waals surface area contributed by atoms with Crippen LogP contribution in [0.4, 0.5) is 0 Å². The molecule has 5 saturated heterocycles. The van der Waals surface area contributed by atoms with Crippen LogP contribution < -0.4 is 0 Å². The van der Waals surface area contributed by atoms with Gasteiger partial charge in [0, 0.05) is 12.8 Å². The van der Waals surface area contributed by atoms with Crippen molar-refractivity contribution in [3.63, 3.8) is 0 Å². The normalized spacial score (nSPS) is 23.9. The fourth-order valence-corrected chi connectivity index (χ4v) is 2.59. The molecule has 2 unspecified atom stereocenters. The third kappa shape index (κ3) is 14.5. The molecule has 5 aliphatic rings. The van der Waals surface area contributed by atoms with Gasteiger partial charge in [0.2, 0.25) is 0 Å². The number of rotatable bonds is 0. The van der Waals surface area contributed by atoms with Crippen LogP contribution in [0.2, 0.25) is 0 Å². The summed E-state index contributed by atoms with van der Waals surface area (Å²) >= 11 is 0. The largest absolute Gasteiger partial charge is 0.393 e. The van der Waals surface area contributed by atoms with Gasteiger partial charge in [-0.25, -0.2) is 19.2 Å². The summed E-state index contributed by atoms with van der Waals surface area (Å²) in [6.45, 7) is -0.211. The van der Waals surface area contributed by atoms with Crippen molar-refractivity contribution in [1.82, 2.24) is 0 Å². The molecule has 2 atom stereocenters. The van der Waals surface area contributed by atoms with Crippen LogP contribution in [-0.4, -0.2) is 107 Å². The zero-order valence-corrected chi connectivity index (χ0v) is 21.0. The Morgan fingerprint density at radius 2 is 0.780 bits per heavy atom. The monoisotopic (exact) mass is 592 g/mol. The lowest BCUT2D eigenvalue weighted by molar-refractivity contribution is -0.175. The zero-order chi connectivity index (χ0) is 31.1. The van der Waals surface area contributed by atoms with E-state index in [1.807, 2.05) is 0 Å². The molecule has 5 rings (SSSR count). The van der Waals surface area contributed by atoms with Crippen LogP contribution >= 0.6 is 0 Å². The highest BCUT2D eigenvalue weighted by molar-refractivity contribution is 5.99. The van der Waals surface area contributed by atoms with Gasteiger partial charge in [-0.2, -0.15) is 0 Å². The van der Waals surface area contributed by atoms with Gasteiger partial charge in [0.25, 0.3) is 0 Å². The number of ether oxygens (including phenoxy) is 6. The zero-order valence-electron chi connectivity index (χ0n) is 21.0. The van der Waals surface area contributed by atoms with Crippen LogP contribution in [0.5, 0.6) is 0 Å². The smallest absolute Gasteiger partial charge is 0.346 e. The Kier molecular flexibility index (Phi) is 14.6. The molecule has 3 N–H and O–H groups in total. The van der Waals surface area contributed by atoms with Gasteiger partial charge in [-0.15, -0.1) is 0 Å². The first-order chi connectivity index (χ1) is 19.2. The molecule has 5 heterocycles. The minimum Gasteiger partial charge on any atom is -0.393 e. The van der Waals surface area contributed by atoms with E-state index in [1.165, 1.54) is 0 Å². The van der Waals surface area contributed by atoms with E-state index in [4.69, 9.17) is 15.3 Å². The minimum atomic E-state index is -1.70. The van der Waals surface area contributed by atoms with Crippen molar-refractivity contribution in [3.8, 4) is 0 Å². The number of aliphatic hydroxyl groups is 3. The van der Waals surface area contributed by atoms with Gasteiger partial charge >= 0.3 is 59.7 Å². The van der Waals surface area contributed by atoms with E-state index in [0.717, 1.165) is 0 Å². The fourth-order valence-electron chi connectivity index (χ4n) is 2.59. The maximum absolute atomic E-state index is 10.3. The molecule has 0 radical (unpaired) electrons. The fraction of sp³-hybridized carbons (Fsp3) is 0.545. The van der Waals surface area contributed by atoms with Crippen molar-refractivity contribution in [1.29, 1.82) is 0 Å². The van der Waals surface area contributed by atoms with Crippen molar-refractivity contribution < 1.29 is 91.7 Å². The van der Waals surface area contributed by atoms with Crippen LogP contribution in [0, 0.1) is 0 Å². The van der Waals surface area contributed by atoms with Crippen LogP contribution in [0.25, 0.3) is 0 Å². The first-order valence-corrected chi connectivity index (χ1v) is 11.5. The number of carbonyl (C=O) groups is 10. The van der Waals surface area contributed by atoms with Gasteiger partial charge in [0.1, 0.15) is 13.2 Å².